The first-order valence-corrected chi connectivity index (χ1v) is 5.92. The number of rotatable bonds is 2. The van der Waals surface area contributed by atoms with Gasteiger partial charge in [-0.3, -0.25) is 0 Å². The van der Waals surface area contributed by atoms with Crippen LogP contribution in [0.4, 0.5) is 10.1 Å². The molecule has 4 heteroatoms. The Morgan fingerprint density at radius 2 is 2.17 bits per heavy atom. The fraction of sp³-hybridized carbons (Fsp3) is 0.214. The van der Waals surface area contributed by atoms with E-state index in [-0.39, 0.29) is 6.04 Å². The number of nitrogens with zero attached hydrogens (tertiary/aromatic N) is 1. The molecule has 0 amide bonds. The van der Waals surface area contributed by atoms with E-state index in [0.717, 1.165) is 18.5 Å². The highest BCUT2D eigenvalue weighted by molar-refractivity contribution is 5.48. The number of fused-ring (bicyclic) bond motifs is 1. The molecular weight excluding hydrogens is 231 g/mol. The molecule has 0 bridgehead atoms. The van der Waals surface area contributed by atoms with Crippen molar-refractivity contribution in [3.05, 3.63) is 53.6 Å². The number of phenols is 1. The summed E-state index contributed by atoms with van der Waals surface area (Å²) in [6.07, 6.45) is 3.40. The molecule has 1 aliphatic carbocycles. The monoisotopic (exact) mass is 244 g/mol. The lowest BCUT2D eigenvalue weighted by molar-refractivity contribution is 0.474. The first-order chi connectivity index (χ1) is 8.72. The van der Waals surface area contributed by atoms with Crippen LogP contribution in [0, 0.1) is 5.95 Å². The average Bonchev–Trinajstić information content (AvgIpc) is 2.74. The van der Waals surface area contributed by atoms with Gasteiger partial charge in [0.2, 0.25) is 5.95 Å². The predicted octanol–water partition coefficient (Wildman–Crippen LogP) is 3.03. The van der Waals surface area contributed by atoms with Gasteiger partial charge in [0.05, 0.1) is 17.9 Å². The van der Waals surface area contributed by atoms with Crippen molar-refractivity contribution >= 4 is 5.69 Å². The van der Waals surface area contributed by atoms with Crippen LogP contribution < -0.4 is 5.32 Å². The standard InChI is InChI=1S/C14H13FN2O/c15-14-6-2-10(8-16-14)17-13-5-1-9-7-11(18)3-4-12(9)13/h2-4,6-8,13,17-18H,1,5H2. The lowest BCUT2D eigenvalue weighted by Gasteiger charge is -2.15. The van der Waals surface area contributed by atoms with Gasteiger partial charge in [-0.05, 0) is 48.2 Å². The quantitative estimate of drug-likeness (QED) is 0.798. The molecule has 3 nitrogen and oxygen atoms in total. The summed E-state index contributed by atoms with van der Waals surface area (Å²) >= 11 is 0. The molecule has 0 radical (unpaired) electrons. The second kappa shape index (κ2) is 4.29. The first-order valence-electron chi connectivity index (χ1n) is 5.92. The van der Waals surface area contributed by atoms with E-state index in [1.54, 1.807) is 18.2 Å². The molecule has 1 aliphatic rings. The second-order valence-electron chi connectivity index (χ2n) is 4.49. The second-order valence-corrected chi connectivity index (χ2v) is 4.49. The van der Waals surface area contributed by atoms with Crippen LogP contribution in [-0.2, 0) is 6.42 Å². The van der Waals surface area contributed by atoms with Gasteiger partial charge in [-0.15, -0.1) is 0 Å². The number of pyridine rings is 1. The predicted molar refractivity (Wildman–Crippen MR) is 67.0 cm³/mol. The molecule has 0 saturated heterocycles. The summed E-state index contributed by atoms with van der Waals surface area (Å²) in [6, 6.07) is 8.66. The minimum atomic E-state index is -0.475. The van der Waals surface area contributed by atoms with E-state index in [9.17, 15) is 9.50 Å². The first kappa shape index (κ1) is 11.0. The Morgan fingerprint density at radius 3 is 2.94 bits per heavy atom. The molecule has 2 aromatic rings. The van der Waals surface area contributed by atoms with E-state index < -0.39 is 5.95 Å². The number of phenolic OH excluding ortho intramolecular Hbond substituents is 1. The summed E-state index contributed by atoms with van der Waals surface area (Å²) in [5, 5.41) is 12.8. The third-order valence-corrected chi connectivity index (χ3v) is 3.27. The number of aryl methyl sites for hydroxylation is 1. The lowest BCUT2D eigenvalue weighted by atomic mass is 10.1. The highest BCUT2D eigenvalue weighted by Gasteiger charge is 2.22. The topological polar surface area (TPSA) is 45.1 Å². The number of halogens is 1. The van der Waals surface area contributed by atoms with Gasteiger partial charge in [0.25, 0.3) is 0 Å². The maximum absolute atomic E-state index is 12.7. The average molecular weight is 244 g/mol. The van der Waals surface area contributed by atoms with Crippen LogP contribution in [0.2, 0.25) is 0 Å². The lowest BCUT2D eigenvalue weighted by Crippen LogP contribution is -2.07. The van der Waals surface area contributed by atoms with E-state index in [1.807, 2.05) is 6.07 Å². The summed E-state index contributed by atoms with van der Waals surface area (Å²) in [5.74, 6) is -0.171. The molecule has 3 rings (SSSR count). The van der Waals surface area contributed by atoms with Crippen molar-refractivity contribution in [2.24, 2.45) is 0 Å². The van der Waals surface area contributed by atoms with Gasteiger partial charge < -0.3 is 10.4 Å². The number of benzene rings is 1. The van der Waals surface area contributed by atoms with Gasteiger partial charge in [0, 0.05) is 0 Å². The van der Waals surface area contributed by atoms with Crippen molar-refractivity contribution in [2.45, 2.75) is 18.9 Å². The fourth-order valence-electron chi connectivity index (χ4n) is 2.42. The number of aromatic nitrogens is 1. The van der Waals surface area contributed by atoms with Crippen molar-refractivity contribution < 1.29 is 9.50 Å². The van der Waals surface area contributed by atoms with Crippen LogP contribution in [0.25, 0.3) is 0 Å². The summed E-state index contributed by atoms with van der Waals surface area (Å²) in [4.78, 5) is 3.62. The minimum Gasteiger partial charge on any atom is -0.508 e. The summed E-state index contributed by atoms with van der Waals surface area (Å²) in [7, 11) is 0. The molecule has 18 heavy (non-hydrogen) atoms. The molecule has 2 N–H and O–H groups in total. The molecule has 1 heterocycles. The molecule has 92 valence electrons. The van der Waals surface area contributed by atoms with Crippen molar-refractivity contribution in [1.29, 1.82) is 0 Å². The third kappa shape index (κ3) is 2.01. The van der Waals surface area contributed by atoms with E-state index in [4.69, 9.17) is 0 Å². The Kier molecular flexibility index (Phi) is 2.63. The molecule has 0 aliphatic heterocycles. The SMILES string of the molecule is Oc1ccc2c(c1)CCC2Nc1ccc(F)nc1. The van der Waals surface area contributed by atoms with Crippen LogP contribution in [0.1, 0.15) is 23.6 Å². The largest absolute Gasteiger partial charge is 0.508 e. The third-order valence-electron chi connectivity index (χ3n) is 3.27. The molecule has 1 atom stereocenters. The zero-order valence-corrected chi connectivity index (χ0v) is 9.73. The molecule has 0 fully saturated rings. The van der Waals surface area contributed by atoms with Crippen molar-refractivity contribution in [2.75, 3.05) is 5.32 Å². The van der Waals surface area contributed by atoms with Gasteiger partial charge >= 0.3 is 0 Å². The summed E-state index contributed by atoms with van der Waals surface area (Å²) in [6.45, 7) is 0. The van der Waals surface area contributed by atoms with Gasteiger partial charge in [0.1, 0.15) is 5.75 Å². The van der Waals surface area contributed by atoms with E-state index >= 15 is 0 Å². The maximum atomic E-state index is 12.7. The molecular formula is C14H13FN2O. The van der Waals surface area contributed by atoms with Gasteiger partial charge in [-0.1, -0.05) is 6.07 Å². The van der Waals surface area contributed by atoms with Gasteiger partial charge in [-0.25, -0.2) is 4.98 Å². The van der Waals surface area contributed by atoms with Crippen molar-refractivity contribution in [3.63, 3.8) is 0 Å². The Balaban J connectivity index is 1.82. The fourth-order valence-corrected chi connectivity index (χ4v) is 2.42. The van der Waals surface area contributed by atoms with Crippen molar-refractivity contribution in [1.82, 2.24) is 4.98 Å². The normalized spacial score (nSPS) is 17.5. The summed E-state index contributed by atoms with van der Waals surface area (Å²) in [5.41, 5.74) is 3.17. The smallest absolute Gasteiger partial charge is 0.212 e. The molecule has 0 spiro atoms. The molecule has 0 saturated carbocycles. The van der Waals surface area contributed by atoms with Crippen LogP contribution >= 0.6 is 0 Å². The van der Waals surface area contributed by atoms with E-state index in [0.29, 0.717) is 5.75 Å². The Bertz CT molecular complexity index is 569. The number of hydrogen-bond donors (Lipinski definition) is 2. The number of anilines is 1. The Labute approximate surface area is 104 Å². The zero-order valence-electron chi connectivity index (χ0n) is 9.73. The van der Waals surface area contributed by atoms with Crippen LogP contribution in [0.3, 0.4) is 0 Å². The van der Waals surface area contributed by atoms with Crippen LogP contribution in [0.5, 0.6) is 5.75 Å². The minimum absolute atomic E-state index is 0.202. The maximum Gasteiger partial charge on any atom is 0.212 e. The van der Waals surface area contributed by atoms with Crippen LogP contribution in [0.15, 0.2) is 36.5 Å². The Hall–Kier alpha value is -2.10. The zero-order chi connectivity index (χ0) is 12.5. The van der Waals surface area contributed by atoms with Crippen molar-refractivity contribution in [3.8, 4) is 5.75 Å². The number of nitrogens with one attached hydrogen (secondary N) is 1. The van der Waals surface area contributed by atoms with E-state index in [2.05, 4.69) is 10.3 Å². The number of hydrogen-bond acceptors (Lipinski definition) is 3. The van der Waals surface area contributed by atoms with Crippen LogP contribution in [-0.4, -0.2) is 10.1 Å². The molecule has 1 aromatic heterocycles. The highest BCUT2D eigenvalue weighted by atomic mass is 19.1. The molecule has 1 unspecified atom stereocenters. The van der Waals surface area contributed by atoms with Gasteiger partial charge in [0.15, 0.2) is 0 Å². The summed E-state index contributed by atoms with van der Waals surface area (Å²) < 4.78 is 12.7. The highest BCUT2D eigenvalue weighted by Crippen LogP contribution is 2.35. The Morgan fingerprint density at radius 1 is 1.28 bits per heavy atom. The molecule has 1 aromatic carbocycles. The number of aromatic hydroxyl groups is 1. The van der Waals surface area contributed by atoms with Gasteiger partial charge in [-0.2, -0.15) is 4.39 Å². The van der Waals surface area contributed by atoms with E-state index in [1.165, 1.54) is 23.4 Å².